The molecular formula is C16H13F3N4O2. The summed E-state index contributed by atoms with van der Waals surface area (Å²) >= 11 is 0. The van der Waals surface area contributed by atoms with Crippen molar-refractivity contribution in [3.05, 3.63) is 47.2 Å². The van der Waals surface area contributed by atoms with Gasteiger partial charge in [-0.15, -0.1) is 10.2 Å². The molecule has 130 valence electrons. The van der Waals surface area contributed by atoms with E-state index in [9.17, 15) is 18.0 Å². The standard InChI is InChI=1S/C16H13F3N4O2/c17-16(18,19)15-22-21-13(25-15)12-2-1-7-23(9-12)14(24)11-5-3-10(8-20)4-6-11/h3-6,12H,1-2,7,9H2. The fourth-order valence-corrected chi connectivity index (χ4v) is 2.75. The largest absolute Gasteiger partial charge is 0.470 e. The van der Waals surface area contributed by atoms with E-state index >= 15 is 0 Å². The van der Waals surface area contributed by atoms with E-state index in [0.29, 0.717) is 30.5 Å². The van der Waals surface area contributed by atoms with Crippen molar-refractivity contribution < 1.29 is 22.4 Å². The van der Waals surface area contributed by atoms with Gasteiger partial charge in [-0.25, -0.2) is 0 Å². The van der Waals surface area contributed by atoms with Crippen LogP contribution >= 0.6 is 0 Å². The lowest BCUT2D eigenvalue weighted by Gasteiger charge is -2.31. The van der Waals surface area contributed by atoms with Gasteiger partial charge in [-0.2, -0.15) is 18.4 Å². The van der Waals surface area contributed by atoms with Gasteiger partial charge < -0.3 is 9.32 Å². The minimum atomic E-state index is -4.68. The first-order chi connectivity index (χ1) is 11.9. The van der Waals surface area contributed by atoms with Crippen LogP contribution in [-0.4, -0.2) is 34.1 Å². The third-order valence-corrected chi connectivity index (χ3v) is 4.00. The Hall–Kier alpha value is -2.89. The zero-order valence-corrected chi connectivity index (χ0v) is 13.0. The molecule has 1 unspecified atom stereocenters. The molecule has 1 saturated heterocycles. The number of alkyl halides is 3. The molecule has 1 amide bonds. The van der Waals surface area contributed by atoms with Crippen molar-refractivity contribution in [3.63, 3.8) is 0 Å². The first-order valence-corrected chi connectivity index (χ1v) is 7.58. The second kappa shape index (κ2) is 6.55. The van der Waals surface area contributed by atoms with E-state index in [2.05, 4.69) is 10.2 Å². The van der Waals surface area contributed by atoms with Crippen LogP contribution in [0.1, 0.15) is 46.5 Å². The lowest BCUT2D eigenvalue weighted by molar-refractivity contribution is -0.157. The average Bonchev–Trinajstić information content (AvgIpc) is 3.12. The summed E-state index contributed by atoms with van der Waals surface area (Å²) in [7, 11) is 0. The van der Waals surface area contributed by atoms with Crippen LogP contribution in [0.15, 0.2) is 28.7 Å². The van der Waals surface area contributed by atoms with Crippen LogP contribution in [-0.2, 0) is 6.18 Å². The van der Waals surface area contributed by atoms with Gasteiger partial charge in [0, 0.05) is 18.7 Å². The molecule has 2 heterocycles. The summed E-state index contributed by atoms with van der Waals surface area (Å²) < 4.78 is 42.4. The minimum absolute atomic E-state index is 0.107. The van der Waals surface area contributed by atoms with Gasteiger partial charge >= 0.3 is 12.1 Å². The maximum atomic E-state index is 12.6. The molecule has 25 heavy (non-hydrogen) atoms. The Morgan fingerprint density at radius 1 is 1.28 bits per heavy atom. The molecule has 6 nitrogen and oxygen atoms in total. The number of carbonyl (C=O) groups is 1. The number of halogens is 3. The Kier molecular flexibility index (Phi) is 4.44. The van der Waals surface area contributed by atoms with Crippen LogP contribution in [0.25, 0.3) is 0 Å². The van der Waals surface area contributed by atoms with E-state index in [4.69, 9.17) is 9.68 Å². The predicted octanol–water partition coefficient (Wildman–Crippen LogP) is 2.98. The van der Waals surface area contributed by atoms with Gasteiger partial charge in [-0.05, 0) is 37.1 Å². The van der Waals surface area contributed by atoms with Crippen molar-refractivity contribution >= 4 is 5.91 Å². The van der Waals surface area contributed by atoms with Gasteiger partial charge in [0.15, 0.2) is 0 Å². The molecule has 0 spiro atoms. The number of nitrogens with zero attached hydrogens (tertiary/aromatic N) is 4. The molecule has 0 saturated carbocycles. The summed E-state index contributed by atoms with van der Waals surface area (Å²) in [5.74, 6) is -2.16. The van der Waals surface area contributed by atoms with Crippen molar-refractivity contribution in [2.24, 2.45) is 0 Å². The van der Waals surface area contributed by atoms with Gasteiger partial charge in [0.1, 0.15) is 0 Å². The number of aromatic nitrogens is 2. The number of piperidine rings is 1. The Labute approximate surface area is 140 Å². The maximum absolute atomic E-state index is 12.6. The first-order valence-electron chi connectivity index (χ1n) is 7.58. The highest BCUT2D eigenvalue weighted by atomic mass is 19.4. The van der Waals surface area contributed by atoms with E-state index in [1.165, 1.54) is 0 Å². The lowest BCUT2D eigenvalue weighted by atomic mass is 9.97. The van der Waals surface area contributed by atoms with E-state index in [-0.39, 0.29) is 18.3 Å². The number of hydrogen-bond acceptors (Lipinski definition) is 5. The maximum Gasteiger partial charge on any atom is 0.470 e. The Morgan fingerprint density at radius 3 is 2.60 bits per heavy atom. The summed E-state index contributed by atoms with van der Waals surface area (Å²) in [6, 6.07) is 8.17. The summed E-state index contributed by atoms with van der Waals surface area (Å²) in [5, 5.41) is 15.3. The number of likely N-dealkylation sites (tertiary alicyclic amines) is 1. The highest BCUT2D eigenvalue weighted by Gasteiger charge is 2.39. The summed E-state index contributed by atoms with van der Waals surface area (Å²) in [6.45, 7) is 0.702. The van der Waals surface area contributed by atoms with Gasteiger partial charge in [-0.1, -0.05) is 0 Å². The van der Waals surface area contributed by atoms with E-state index in [1.807, 2.05) is 6.07 Å². The van der Waals surface area contributed by atoms with Crippen molar-refractivity contribution in [1.82, 2.24) is 15.1 Å². The molecule has 2 aromatic rings. The monoisotopic (exact) mass is 350 g/mol. The SMILES string of the molecule is N#Cc1ccc(C(=O)N2CCCC(c3nnc(C(F)(F)F)o3)C2)cc1. The number of benzene rings is 1. The number of amides is 1. The van der Waals surface area contributed by atoms with E-state index in [1.54, 1.807) is 29.2 Å². The van der Waals surface area contributed by atoms with Crippen molar-refractivity contribution in [3.8, 4) is 6.07 Å². The molecule has 0 radical (unpaired) electrons. The van der Waals surface area contributed by atoms with Crippen molar-refractivity contribution in [2.45, 2.75) is 24.9 Å². The zero-order valence-electron chi connectivity index (χ0n) is 13.0. The number of carbonyl (C=O) groups excluding carboxylic acids is 1. The molecule has 0 N–H and O–H groups in total. The van der Waals surface area contributed by atoms with Gasteiger partial charge in [0.25, 0.3) is 5.91 Å². The highest BCUT2D eigenvalue weighted by Crippen LogP contribution is 2.32. The quantitative estimate of drug-likeness (QED) is 0.831. The van der Waals surface area contributed by atoms with Gasteiger partial charge in [-0.3, -0.25) is 4.79 Å². The second-order valence-electron chi connectivity index (χ2n) is 5.72. The van der Waals surface area contributed by atoms with E-state index < -0.39 is 18.0 Å². The molecule has 1 fully saturated rings. The first kappa shape index (κ1) is 17.0. The molecule has 1 aliphatic heterocycles. The molecule has 1 aromatic carbocycles. The topological polar surface area (TPSA) is 83.0 Å². The Balaban J connectivity index is 1.73. The number of hydrogen-bond donors (Lipinski definition) is 0. The number of nitriles is 1. The molecular weight excluding hydrogens is 337 g/mol. The van der Waals surface area contributed by atoms with Gasteiger partial charge in [0.2, 0.25) is 5.89 Å². The van der Waals surface area contributed by atoms with Crippen molar-refractivity contribution in [2.75, 3.05) is 13.1 Å². The van der Waals surface area contributed by atoms with Crippen LogP contribution in [0.2, 0.25) is 0 Å². The average molecular weight is 350 g/mol. The van der Waals surface area contributed by atoms with Crippen LogP contribution in [0.4, 0.5) is 13.2 Å². The summed E-state index contributed by atoms with van der Waals surface area (Å²) in [6.07, 6.45) is -3.50. The lowest BCUT2D eigenvalue weighted by Crippen LogP contribution is -2.39. The fraction of sp³-hybridized carbons (Fsp3) is 0.375. The summed E-state index contributed by atoms with van der Waals surface area (Å²) in [5.41, 5.74) is 0.861. The third-order valence-electron chi connectivity index (χ3n) is 4.00. The van der Waals surface area contributed by atoms with E-state index in [0.717, 1.165) is 0 Å². The molecule has 1 aromatic heterocycles. The highest BCUT2D eigenvalue weighted by molar-refractivity contribution is 5.94. The zero-order chi connectivity index (χ0) is 18.0. The minimum Gasteiger partial charge on any atom is -0.417 e. The molecule has 1 aliphatic rings. The van der Waals surface area contributed by atoms with Gasteiger partial charge in [0.05, 0.1) is 17.6 Å². The smallest absolute Gasteiger partial charge is 0.417 e. The Morgan fingerprint density at radius 2 is 2.00 bits per heavy atom. The molecule has 0 aliphatic carbocycles. The molecule has 3 rings (SSSR count). The van der Waals surface area contributed by atoms with Crippen molar-refractivity contribution in [1.29, 1.82) is 5.26 Å². The van der Waals surface area contributed by atoms with Crippen LogP contribution in [0.3, 0.4) is 0 Å². The molecule has 0 bridgehead atoms. The predicted molar refractivity (Wildman–Crippen MR) is 78.3 cm³/mol. The van der Waals surface area contributed by atoms with Crippen LogP contribution in [0, 0.1) is 11.3 Å². The second-order valence-corrected chi connectivity index (χ2v) is 5.72. The fourth-order valence-electron chi connectivity index (χ4n) is 2.75. The van der Waals surface area contributed by atoms with Crippen LogP contribution < -0.4 is 0 Å². The third kappa shape index (κ3) is 3.63. The molecule has 1 atom stereocenters. The number of rotatable bonds is 2. The Bertz CT molecular complexity index is 808. The summed E-state index contributed by atoms with van der Waals surface area (Å²) in [4.78, 5) is 14.1. The normalized spacial score (nSPS) is 18.0. The van der Waals surface area contributed by atoms with Crippen LogP contribution in [0.5, 0.6) is 0 Å². The molecule has 9 heteroatoms.